The summed E-state index contributed by atoms with van der Waals surface area (Å²) in [7, 11) is 0. The summed E-state index contributed by atoms with van der Waals surface area (Å²) in [5.74, 6) is 0. The lowest BCUT2D eigenvalue weighted by Gasteiger charge is -2.29. The lowest BCUT2D eigenvalue weighted by Crippen LogP contribution is -2.47. The molecule has 90 valence electrons. The Balaban J connectivity index is 2.00. The SMILES string of the molecule is CC1OCCC1(C)NCc1ccnc(C#N)c1. The standard InChI is InChI=1S/C13H17N3O/c1-10-13(2,4-6-17-10)16-9-11-3-5-15-12(7-11)8-14/h3,5,7,10,16H,4,6,9H2,1-2H3. The van der Waals surface area contributed by atoms with Crippen molar-refractivity contribution in [1.82, 2.24) is 10.3 Å². The fourth-order valence-electron chi connectivity index (χ4n) is 2.02. The average molecular weight is 231 g/mol. The lowest BCUT2D eigenvalue weighted by molar-refractivity contribution is 0.0881. The second-order valence-corrected chi connectivity index (χ2v) is 4.70. The van der Waals surface area contributed by atoms with Gasteiger partial charge in [-0.05, 0) is 38.0 Å². The summed E-state index contributed by atoms with van der Waals surface area (Å²) < 4.78 is 5.57. The van der Waals surface area contributed by atoms with Gasteiger partial charge in [0.2, 0.25) is 0 Å². The molecule has 1 aliphatic heterocycles. The van der Waals surface area contributed by atoms with Gasteiger partial charge in [0.15, 0.2) is 0 Å². The van der Waals surface area contributed by atoms with Crippen molar-refractivity contribution in [3.8, 4) is 6.07 Å². The van der Waals surface area contributed by atoms with Gasteiger partial charge in [0.25, 0.3) is 0 Å². The van der Waals surface area contributed by atoms with Gasteiger partial charge >= 0.3 is 0 Å². The van der Waals surface area contributed by atoms with E-state index >= 15 is 0 Å². The van der Waals surface area contributed by atoms with E-state index in [-0.39, 0.29) is 11.6 Å². The van der Waals surface area contributed by atoms with E-state index in [4.69, 9.17) is 10.00 Å². The number of rotatable bonds is 3. The van der Waals surface area contributed by atoms with Crippen LogP contribution in [0.5, 0.6) is 0 Å². The molecule has 0 saturated carbocycles. The van der Waals surface area contributed by atoms with Crippen LogP contribution in [0.3, 0.4) is 0 Å². The molecule has 0 amide bonds. The number of hydrogen-bond donors (Lipinski definition) is 1. The number of pyridine rings is 1. The maximum atomic E-state index is 8.78. The molecule has 0 aromatic carbocycles. The van der Waals surface area contributed by atoms with Crippen molar-refractivity contribution in [1.29, 1.82) is 5.26 Å². The largest absolute Gasteiger partial charge is 0.377 e. The average Bonchev–Trinajstić information content (AvgIpc) is 2.68. The highest BCUT2D eigenvalue weighted by atomic mass is 16.5. The summed E-state index contributed by atoms with van der Waals surface area (Å²) in [5.41, 5.74) is 1.57. The Kier molecular flexibility index (Phi) is 3.41. The zero-order valence-electron chi connectivity index (χ0n) is 10.2. The van der Waals surface area contributed by atoms with Crippen LogP contribution in [0.1, 0.15) is 31.5 Å². The van der Waals surface area contributed by atoms with Crippen molar-refractivity contribution in [2.45, 2.75) is 38.5 Å². The first-order valence-electron chi connectivity index (χ1n) is 5.86. The summed E-state index contributed by atoms with van der Waals surface area (Å²) in [6.07, 6.45) is 2.91. The Morgan fingerprint density at radius 3 is 3.18 bits per heavy atom. The maximum Gasteiger partial charge on any atom is 0.140 e. The van der Waals surface area contributed by atoms with Crippen molar-refractivity contribution in [2.24, 2.45) is 0 Å². The molecule has 2 unspecified atom stereocenters. The topological polar surface area (TPSA) is 57.9 Å². The van der Waals surface area contributed by atoms with Gasteiger partial charge in [-0.1, -0.05) is 0 Å². The lowest BCUT2D eigenvalue weighted by atomic mass is 9.94. The molecule has 1 fully saturated rings. The molecular weight excluding hydrogens is 214 g/mol. The molecule has 2 atom stereocenters. The minimum absolute atomic E-state index is 0.0239. The number of aromatic nitrogens is 1. The number of nitrogens with zero attached hydrogens (tertiary/aromatic N) is 2. The molecule has 1 aliphatic rings. The molecule has 1 saturated heterocycles. The van der Waals surface area contributed by atoms with E-state index in [0.29, 0.717) is 5.69 Å². The highest BCUT2D eigenvalue weighted by Gasteiger charge is 2.36. The van der Waals surface area contributed by atoms with E-state index in [1.165, 1.54) is 0 Å². The second-order valence-electron chi connectivity index (χ2n) is 4.70. The first-order chi connectivity index (χ1) is 8.14. The van der Waals surface area contributed by atoms with Crippen LogP contribution in [0.2, 0.25) is 0 Å². The van der Waals surface area contributed by atoms with Crippen molar-refractivity contribution < 1.29 is 4.74 Å². The monoisotopic (exact) mass is 231 g/mol. The smallest absolute Gasteiger partial charge is 0.140 e. The van der Waals surface area contributed by atoms with Gasteiger partial charge in [0.05, 0.1) is 6.10 Å². The van der Waals surface area contributed by atoms with Gasteiger partial charge in [0.1, 0.15) is 11.8 Å². The molecule has 0 radical (unpaired) electrons. The van der Waals surface area contributed by atoms with Crippen molar-refractivity contribution >= 4 is 0 Å². The van der Waals surface area contributed by atoms with Crippen molar-refractivity contribution in [3.05, 3.63) is 29.6 Å². The molecular formula is C13H17N3O. The van der Waals surface area contributed by atoms with E-state index in [9.17, 15) is 0 Å². The molecule has 2 rings (SSSR count). The second kappa shape index (κ2) is 4.82. The third kappa shape index (κ3) is 2.63. The fourth-order valence-corrected chi connectivity index (χ4v) is 2.02. The Morgan fingerprint density at radius 1 is 1.71 bits per heavy atom. The first-order valence-corrected chi connectivity index (χ1v) is 5.86. The molecule has 1 aromatic heterocycles. The van der Waals surface area contributed by atoms with Crippen LogP contribution in [0.15, 0.2) is 18.3 Å². The van der Waals surface area contributed by atoms with Crippen LogP contribution >= 0.6 is 0 Å². The summed E-state index contributed by atoms with van der Waals surface area (Å²) >= 11 is 0. The number of hydrogen-bond acceptors (Lipinski definition) is 4. The molecule has 17 heavy (non-hydrogen) atoms. The summed E-state index contributed by atoms with van der Waals surface area (Å²) in [5, 5.41) is 12.3. The molecule has 1 N–H and O–H groups in total. The number of nitrogens with one attached hydrogen (secondary N) is 1. The first kappa shape index (κ1) is 12.0. The summed E-state index contributed by atoms with van der Waals surface area (Å²) in [6, 6.07) is 5.79. The van der Waals surface area contributed by atoms with E-state index in [2.05, 4.69) is 30.2 Å². The highest BCUT2D eigenvalue weighted by molar-refractivity contribution is 5.25. The van der Waals surface area contributed by atoms with Gasteiger partial charge < -0.3 is 10.1 Å². The molecule has 4 heteroatoms. The quantitative estimate of drug-likeness (QED) is 0.858. The predicted octanol–water partition coefficient (Wildman–Crippen LogP) is 1.61. The van der Waals surface area contributed by atoms with Gasteiger partial charge in [-0.3, -0.25) is 0 Å². The van der Waals surface area contributed by atoms with E-state index < -0.39 is 0 Å². The zero-order valence-corrected chi connectivity index (χ0v) is 10.2. The van der Waals surface area contributed by atoms with E-state index in [1.807, 2.05) is 12.1 Å². The van der Waals surface area contributed by atoms with Gasteiger partial charge in [-0.15, -0.1) is 0 Å². The molecule has 0 aliphatic carbocycles. The molecule has 0 spiro atoms. The third-order valence-corrected chi connectivity index (χ3v) is 3.52. The minimum atomic E-state index is 0.0239. The van der Waals surface area contributed by atoms with Crippen LogP contribution in [0, 0.1) is 11.3 Å². The number of ether oxygens (including phenoxy) is 1. The van der Waals surface area contributed by atoms with Crippen LogP contribution in [-0.4, -0.2) is 23.2 Å². The highest BCUT2D eigenvalue weighted by Crippen LogP contribution is 2.25. The van der Waals surface area contributed by atoms with E-state index in [0.717, 1.165) is 25.1 Å². The van der Waals surface area contributed by atoms with E-state index in [1.54, 1.807) is 6.20 Å². The Hall–Kier alpha value is -1.44. The Labute approximate surface area is 102 Å². The molecule has 4 nitrogen and oxygen atoms in total. The normalized spacial score (nSPS) is 27.9. The fraction of sp³-hybridized carbons (Fsp3) is 0.538. The minimum Gasteiger partial charge on any atom is -0.377 e. The molecule has 1 aromatic rings. The van der Waals surface area contributed by atoms with Crippen LogP contribution in [-0.2, 0) is 11.3 Å². The Bertz CT molecular complexity index is 441. The van der Waals surface area contributed by atoms with Gasteiger partial charge in [-0.2, -0.15) is 5.26 Å². The van der Waals surface area contributed by atoms with Gasteiger partial charge in [0, 0.05) is 24.9 Å². The van der Waals surface area contributed by atoms with Crippen molar-refractivity contribution in [2.75, 3.05) is 6.61 Å². The number of nitriles is 1. The predicted molar refractivity (Wildman–Crippen MR) is 64.2 cm³/mol. The summed E-state index contributed by atoms with van der Waals surface area (Å²) in [4.78, 5) is 3.96. The third-order valence-electron chi connectivity index (χ3n) is 3.52. The Morgan fingerprint density at radius 2 is 2.53 bits per heavy atom. The van der Waals surface area contributed by atoms with Crippen molar-refractivity contribution in [3.63, 3.8) is 0 Å². The van der Waals surface area contributed by atoms with Gasteiger partial charge in [-0.25, -0.2) is 4.98 Å². The van der Waals surface area contributed by atoms with Crippen LogP contribution < -0.4 is 5.32 Å². The summed E-state index contributed by atoms with van der Waals surface area (Å²) in [6.45, 7) is 5.82. The molecule has 0 bridgehead atoms. The zero-order chi connectivity index (χ0) is 12.3. The maximum absolute atomic E-state index is 8.78. The molecule has 2 heterocycles. The van der Waals surface area contributed by atoms with Crippen LogP contribution in [0.25, 0.3) is 0 Å². The van der Waals surface area contributed by atoms with Crippen LogP contribution in [0.4, 0.5) is 0 Å².